The van der Waals surface area contributed by atoms with Crippen LogP contribution < -0.4 is 5.32 Å². The molecule has 0 radical (unpaired) electrons. The maximum Gasteiger partial charge on any atom is 0.269 e. The molecule has 1 N–H and O–H groups in total. The zero-order valence-electron chi connectivity index (χ0n) is 13.0. The minimum atomic E-state index is -0.146. The van der Waals surface area contributed by atoms with E-state index in [1.54, 1.807) is 36.4 Å². The summed E-state index contributed by atoms with van der Waals surface area (Å²) in [5.74, 6) is -0.146. The summed E-state index contributed by atoms with van der Waals surface area (Å²) >= 11 is 0. The van der Waals surface area contributed by atoms with E-state index in [9.17, 15) is 4.79 Å². The summed E-state index contributed by atoms with van der Waals surface area (Å²) in [5, 5.41) is 7.08. The Hall–Kier alpha value is -3.02. The van der Waals surface area contributed by atoms with Crippen LogP contribution in [0.3, 0.4) is 0 Å². The molecule has 3 rings (SSSR count). The van der Waals surface area contributed by atoms with Crippen molar-refractivity contribution in [2.24, 2.45) is 7.05 Å². The van der Waals surface area contributed by atoms with Gasteiger partial charge in [-0.2, -0.15) is 5.10 Å². The fraction of sp³-hybridized carbons (Fsp3) is 0.176. The Morgan fingerprint density at radius 2 is 2.13 bits per heavy atom. The van der Waals surface area contributed by atoms with Gasteiger partial charge in [-0.25, -0.2) is 0 Å². The monoisotopic (exact) mass is 307 g/mol. The van der Waals surface area contributed by atoms with E-state index in [4.69, 9.17) is 0 Å². The first-order valence-corrected chi connectivity index (χ1v) is 7.27. The van der Waals surface area contributed by atoms with Crippen molar-refractivity contribution in [2.45, 2.75) is 13.5 Å². The van der Waals surface area contributed by atoms with Crippen molar-refractivity contribution in [3.8, 4) is 11.3 Å². The first-order valence-electron chi connectivity index (χ1n) is 7.27. The Kier molecular flexibility index (Phi) is 4.14. The molecule has 0 aliphatic rings. The van der Waals surface area contributed by atoms with E-state index in [1.165, 1.54) is 0 Å². The molecule has 0 aromatic carbocycles. The van der Waals surface area contributed by atoms with Crippen LogP contribution in [0.1, 0.15) is 21.7 Å². The smallest absolute Gasteiger partial charge is 0.269 e. The molecule has 116 valence electrons. The molecule has 0 spiro atoms. The summed E-state index contributed by atoms with van der Waals surface area (Å²) in [6.07, 6.45) is 5.23. The van der Waals surface area contributed by atoms with Gasteiger partial charge in [0, 0.05) is 37.7 Å². The van der Waals surface area contributed by atoms with Crippen LogP contribution in [0.2, 0.25) is 0 Å². The highest BCUT2D eigenvalue weighted by molar-refractivity contribution is 5.92. The van der Waals surface area contributed by atoms with Crippen molar-refractivity contribution >= 4 is 5.91 Å². The summed E-state index contributed by atoms with van der Waals surface area (Å²) in [7, 11) is 1.76. The third-order valence-electron chi connectivity index (χ3n) is 3.47. The van der Waals surface area contributed by atoms with Gasteiger partial charge in [-0.3, -0.25) is 19.4 Å². The van der Waals surface area contributed by atoms with Crippen LogP contribution >= 0.6 is 0 Å². The number of aromatic nitrogens is 4. The lowest BCUT2D eigenvalue weighted by Crippen LogP contribution is -2.25. The van der Waals surface area contributed by atoms with Crippen LogP contribution in [0.25, 0.3) is 11.3 Å². The second-order valence-corrected chi connectivity index (χ2v) is 5.27. The fourth-order valence-electron chi connectivity index (χ4n) is 2.35. The normalized spacial score (nSPS) is 10.5. The van der Waals surface area contributed by atoms with Crippen LogP contribution in [0.15, 0.2) is 48.9 Å². The Labute approximate surface area is 134 Å². The van der Waals surface area contributed by atoms with E-state index in [0.29, 0.717) is 12.2 Å². The minimum Gasteiger partial charge on any atom is -0.347 e. The molecule has 0 saturated carbocycles. The molecule has 0 aliphatic heterocycles. The van der Waals surface area contributed by atoms with Crippen molar-refractivity contribution in [1.29, 1.82) is 0 Å². The van der Waals surface area contributed by atoms with E-state index in [0.717, 1.165) is 22.5 Å². The van der Waals surface area contributed by atoms with Gasteiger partial charge in [-0.05, 0) is 42.8 Å². The fourth-order valence-corrected chi connectivity index (χ4v) is 2.35. The highest BCUT2D eigenvalue weighted by Crippen LogP contribution is 2.16. The van der Waals surface area contributed by atoms with Gasteiger partial charge >= 0.3 is 0 Å². The van der Waals surface area contributed by atoms with Gasteiger partial charge in [-0.1, -0.05) is 0 Å². The SMILES string of the molecule is Cc1cc(C(=O)NCc2ccnc(-c3cccnc3)c2)n(C)n1. The summed E-state index contributed by atoms with van der Waals surface area (Å²) in [5.41, 5.74) is 4.12. The summed E-state index contributed by atoms with van der Waals surface area (Å²) in [4.78, 5) is 20.7. The van der Waals surface area contributed by atoms with Gasteiger partial charge in [0.1, 0.15) is 5.69 Å². The van der Waals surface area contributed by atoms with Crippen molar-refractivity contribution < 1.29 is 4.79 Å². The maximum absolute atomic E-state index is 12.2. The van der Waals surface area contributed by atoms with Gasteiger partial charge in [-0.15, -0.1) is 0 Å². The first-order chi connectivity index (χ1) is 11.1. The largest absolute Gasteiger partial charge is 0.347 e. The third kappa shape index (κ3) is 3.42. The van der Waals surface area contributed by atoms with E-state index < -0.39 is 0 Å². The van der Waals surface area contributed by atoms with Crippen LogP contribution in [0, 0.1) is 6.92 Å². The molecule has 23 heavy (non-hydrogen) atoms. The molecule has 0 bridgehead atoms. The lowest BCUT2D eigenvalue weighted by atomic mass is 10.1. The Bertz CT molecular complexity index is 826. The van der Waals surface area contributed by atoms with Gasteiger partial charge in [0.05, 0.1) is 11.4 Å². The summed E-state index contributed by atoms with van der Waals surface area (Å²) in [6.45, 7) is 2.29. The molecule has 0 aliphatic carbocycles. The predicted octanol–water partition coefficient (Wildman–Crippen LogP) is 2.12. The van der Waals surface area contributed by atoms with Crippen LogP contribution in [0.5, 0.6) is 0 Å². The maximum atomic E-state index is 12.2. The van der Waals surface area contributed by atoms with Crippen molar-refractivity contribution in [3.05, 3.63) is 65.9 Å². The second kappa shape index (κ2) is 6.39. The average Bonchev–Trinajstić information content (AvgIpc) is 2.92. The second-order valence-electron chi connectivity index (χ2n) is 5.27. The van der Waals surface area contributed by atoms with Gasteiger partial charge in [0.25, 0.3) is 5.91 Å². The molecule has 0 atom stereocenters. The number of nitrogens with zero attached hydrogens (tertiary/aromatic N) is 4. The number of carbonyl (C=O) groups excluding carboxylic acids is 1. The molecular formula is C17H17N5O. The number of pyridine rings is 2. The van der Waals surface area contributed by atoms with Crippen LogP contribution in [-0.4, -0.2) is 25.7 Å². The van der Waals surface area contributed by atoms with Gasteiger partial charge < -0.3 is 5.32 Å². The van der Waals surface area contributed by atoms with E-state index in [-0.39, 0.29) is 5.91 Å². The van der Waals surface area contributed by atoms with E-state index in [1.807, 2.05) is 31.2 Å². The Balaban J connectivity index is 1.71. The zero-order valence-corrected chi connectivity index (χ0v) is 13.0. The lowest BCUT2D eigenvalue weighted by Gasteiger charge is -2.07. The quantitative estimate of drug-likeness (QED) is 0.801. The predicted molar refractivity (Wildman–Crippen MR) is 86.6 cm³/mol. The number of rotatable bonds is 4. The number of hydrogen-bond acceptors (Lipinski definition) is 4. The van der Waals surface area contributed by atoms with Crippen LogP contribution in [0.4, 0.5) is 0 Å². The van der Waals surface area contributed by atoms with E-state index >= 15 is 0 Å². The number of nitrogens with one attached hydrogen (secondary N) is 1. The highest BCUT2D eigenvalue weighted by Gasteiger charge is 2.11. The molecular weight excluding hydrogens is 290 g/mol. The number of aryl methyl sites for hydroxylation is 2. The zero-order chi connectivity index (χ0) is 16.2. The van der Waals surface area contributed by atoms with Crippen molar-refractivity contribution in [2.75, 3.05) is 0 Å². The molecule has 0 unspecified atom stereocenters. The third-order valence-corrected chi connectivity index (χ3v) is 3.47. The topological polar surface area (TPSA) is 72.7 Å². The number of carbonyl (C=O) groups is 1. The highest BCUT2D eigenvalue weighted by atomic mass is 16.2. The molecule has 1 amide bonds. The Morgan fingerprint density at radius 3 is 2.83 bits per heavy atom. The molecule has 3 aromatic rings. The average molecular weight is 307 g/mol. The molecule has 3 heterocycles. The standard InChI is InChI=1S/C17H17N5O/c1-12-8-16(22(2)21-12)17(23)20-10-13-5-7-19-15(9-13)14-4-3-6-18-11-14/h3-9,11H,10H2,1-2H3,(H,20,23). The minimum absolute atomic E-state index is 0.146. The molecule has 3 aromatic heterocycles. The van der Waals surface area contributed by atoms with E-state index in [2.05, 4.69) is 20.4 Å². The lowest BCUT2D eigenvalue weighted by molar-refractivity contribution is 0.0941. The number of amides is 1. The first kappa shape index (κ1) is 14.9. The Morgan fingerprint density at radius 1 is 1.26 bits per heavy atom. The van der Waals surface area contributed by atoms with Crippen LogP contribution in [-0.2, 0) is 13.6 Å². The molecule has 0 saturated heterocycles. The van der Waals surface area contributed by atoms with Crippen molar-refractivity contribution in [3.63, 3.8) is 0 Å². The molecule has 6 heteroatoms. The van der Waals surface area contributed by atoms with Gasteiger partial charge in [0.15, 0.2) is 0 Å². The van der Waals surface area contributed by atoms with Gasteiger partial charge in [0.2, 0.25) is 0 Å². The summed E-state index contributed by atoms with van der Waals surface area (Å²) < 4.78 is 1.58. The molecule has 0 fully saturated rings. The summed E-state index contributed by atoms with van der Waals surface area (Å²) in [6, 6.07) is 9.43. The van der Waals surface area contributed by atoms with Crippen molar-refractivity contribution in [1.82, 2.24) is 25.1 Å². The number of hydrogen-bond donors (Lipinski definition) is 1. The molecule has 6 nitrogen and oxygen atoms in total.